The highest BCUT2D eigenvalue weighted by molar-refractivity contribution is 7.26. The Bertz CT molecular complexity index is 4450. The van der Waals surface area contributed by atoms with E-state index in [4.69, 9.17) is 0 Å². The maximum absolute atomic E-state index is 2.55. The summed E-state index contributed by atoms with van der Waals surface area (Å²) in [5.74, 6) is 0. The molecule has 0 spiro atoms. The Labute approximate surface area is 420 Å². The average Bonchev–Trinajstić information content (AvgIpc) is 4.00. The molecule has 0 fully saturated rings. The lowest BCUT2D eigenvalue weighted by Crippen LogP contribution is -1.99. The molecule has 72 heavy (non-hydrogen) atoms. The summed E-state index contributed by atoms with van der Waals surface area (Å²) in [4.78, 5) is 0. The molecule has 0 aliphatic heterocycles. The van der Waals surface area contributed by atoms with E-state index in [0.29, 0.717) is 0 Å². The zero-order valence-electron chi connectivity index (χ0n) is 39.2. The lowest BCUT2D eigenvalue weighted by molar-refractivity contribution is 1.21. The number of hydrogen-bond acceptors (Lipinski definition) is 1. The number of nitrogens with zero attached hydrogens (tertiary/aromatic N) is 1. The molecule has 0 N–H and O–H groups in total. The van der Waals surface area contributed by atoms with Gasteiger partial charge in [-0.2, -0.15) is 0 Å². The van der Waals surface area contributed by atoms with Crippen molar-refractivity contribution in [1.82, 2.24) is 4.57 Å². The Morgan fingerprint density at radius 2 is 0.583 bits per heavy atom. The normalized spacial score (nSPS) is 11.9. The van der Waals surface area contributed by atoms with Gasteiger partial charge in [0.05, 0.1) is 16.7 Å². The summed E-state index contributed by atoms with van der Waals surface area (Å²) < 4.78 is 5.12. The van der Waals surface area contributed by atoms with Crippen molar-refractivity contribution in [2.45, 2.75) is 0 Å². The van der Waals surface area contributed by atoms with Crippen LogP contribution in [0.3, 0.4) is 0 Å². The largest absolute Gasteiger partial charge is 0.308 e. The standard InChI is InChI=1S/C70H43NS/c1-4-20-44(21-5-1)47-38-40-61-59(42-47)60-43-48(45-22-6-2-7-23-45)39-41-62(60)71(61)70-55-32-16-14-30-53(55)67(54-31-15-17-33-56(54)70)58-35-19-37-64-69(58)68-57(34-18-36-63(68)72-64)66-51-28-12-10-26-49(51)65(46-24-8-3-9-25-46)50-27-11-13-29-52(50)66/h1-43H. The van der Waals surface area contributed by atoms with E-state index >= 15 is 0 Å². The summed E-state index contributed by atoms with van der Waals surface area (Å²) in [5.41, 5.74) is 16.0. The van der Waals surface area contributed by atoms with Crippen molar-refractivity contribution < 1.29 is 0 Å². The van der Waals surface area contributed by atoms with Crippen LogP contribution in [-0.4, -0.2) is 4.57 Å². The molecule has 0 amide bonds. The maximum atomic E-state index is 2.55. The van der Waals surface area contributed by atoms with Gasteiger partial charge in [0.15, 0.2) is 0 Å². The van der Waals surface area contributed by atoms with Gasteiger partial charge in [0.2, 0.25) is 0 Å². The third-order valence-electron chi connectivity index (χ3n) is 15.2. The van der Waals surface area contributed by atoms with Crippen LogP contribution < -0.4 is 0 Å². The van der Waals surface area contributed by atoms with E-state index in [0.717, 1.165) is 0 Å². The van der Waals surface area contributed by atoms with Gasteiger partial charge < -0.3 is 4.57 Å². The van der Waals surface area contributed by atoms with Crippen LogP contribution in [0.4, 0.5) is 0 Å². The van der Waals surface area contributed by atoms with Crippen molar-refractivity contribution in [2.75, 3.05) is 0 Å². The fourth-order valence-electron chi connectivity index (χ4n) is 12.1. The molecule has 0 saturated heterocycles. The number of benzene rings is 13. The van der Waals surface area contributed by atoms with E-state index in [9.17, 15) is 0 Å². The molecule has 0 bridgehead atoms. The molecule has 0 saturated carbocycles. The van der Waals surface area contributed by atoms with Crippen LogP contribution in [0, 0.1) is 0 Å². The smallest absolute Gasteiger partial charge is 0.0619 e. The zero-order chi connectivity index (χ0) is 47.3. The fraction of sp³-hybridized carbons (Fsp3) is 0. The Hall–Kier alpha value is -9.08. The SMILES string of the molecule is c1ccc(-c2ccc3c(c2)c2cc(-c4ccccc4)ccc2n3-c2c3ccccc3c(-c3cccc4sc5cccc(-c6c7ccccc7c(-c7ccccc7)c7ccccc67)c5c34)c3ccccc23)cc1. The van der Waals surface area contributed by atoms with Gasteiger partial charge in [-0.3, -0.25) is 0 Å². The topological polar surface area (TPSA) is 4.93 Å². The molecule has 334 valence electrons. The Morgan fingerprint density at radius 3 is 1.00 bits per heavy atom. The zero-order valence-corrected chi connectivity index (χ0v) is 40.0. The second-order valence-corrected chi connectivity index (χ2v) is 20.1. The second-order valence-electron chi connectivity index (χ2n) is 19.0. The highest BCUT2D eigenvalue weighted by Crippen LogP contribution is 2.52. The summed E-state index contributed by atoms with van der Waals surface area (Å²) in [5, 5.41) is 15.0. The van der Waals surface area contributed by atoms with Crippen LogP contribution in [0.1, 0.15) is 0 Å². The van der Waals surface area contributed by atoms with Gasteiger partial charge in [-0.1, -0.05) is 224 Å². The molecule has 2 heterocycles. The summed E-state index contributed by atoms with van der Waals surface area (Å²) >= 11 is 1.90. The molecule has 0 aliphatic rings. The average molecular weight is 930 g/mol. The van der Waals surface area contributed by atoms with Crippen molar-refractivity contribution >= 4 is 96.4 Å². The second kappa shape index (κ2) is 16.2. The molecule has 0 aliphatic carbocycles. The van der Waals surface area contributed by atoms with Gasteiger partial charge in [-0.05, 0) is 124 Å². The number of aromatic nitrogens is 1. The van der Waals surface area contributed by atoms with Crippen molar-refractivity contribution in [3.05, 3.63) is 261 Å². The van der Waals surface area contributed by atoms with Gasteiger partial charge in [0.1, 0.15) is 0 Å². The molecular weight excluding hydrogens is 887 g/mol. The Balaban J connectivity index is 1.03. The Kier molecular flexibility index (Phi) is 9.20. The molecule has 0 atom stereocenters. The highest BCUT2D eigenvalue weighted by Gasteiger charge is 2.25. The van der Waals surface area contributed by atoms with Gasteiger partial charge in [0.25, 0.3) is 0 Å². The molecule has 1 nitrogen and oxygen atoms in total. The first-order valence-electron chi connectivity index (χ1n) is 24.8. The minimum atomic E-state index is 1.19. The van der Waals surface area contributed by atoms with Crippen molar-refractivity contribution in [3.8, 4) is 61.3 Å². The summed E-state index contributed by atoms with van der Waals surface area (Å²) in [6, 6.07) is 96.8. The van der Waals surface area contributed by atoms with Crippen LogP contribution in [0.2, 0.25) is 0 Å². The Morgan fingerprint density at radius 1 is 0.236 bits per heavy atom. The van der Waals surface area contributed by atoms with E-state index in [-0.39, 0.29) is 0 Å². The molecular formula is C70H43NS. The monoisotopic (exact) mass is 929 g/mol. The van der Waals surface area contributed by atoms with E-state index in [1.165, 1.54) is 146 Å². The van der Waals surface area contributed by atoms with Crippen LogP contribution in [0.15, 0.2) is 261 Å². The maximum Gasteiger partial charge on any atom is 0.0619 e. The first kappa shape index (κ1) is 40.8. The number of hydrogen-bond donors (Lipinski definition) is 0. The lowest BCUT2D eigenvalue weighted by Gasteiger charge is -2.21. The fourth-order valence-corrected chi connectivity index (χ4v) is 13.3. The van der Waals surface area contributed by atoms with E-state index in [1.807, 2.05) is 11.3 Å². The first-order chi connectivity index (χ1) is 35.8. The predicted molar refractivity (Wildman–Crippen MR) is 311 cm³/mol. The quantitative estimate of drug-likeness (QED) is 0.146. The number of fused-ring (bicyclic) bond motifs is 10. The molecule has 0 unspecified atom stereocenters. The van der Waals surface area contributed by atoms with Crippen LogP contribution in [0.5, 0.6) is 0 Å². The van der Waals surface area contributed by atoms with Crippen molar-refractivity contribution in [3.63, 3.8) is 0 Å². The van der Waals surface area contributed by atoms with E-state index in [2.05, 4.69) is 265 Å². The highest BCUT2D eigenvalue weighted by atomic mass is 32.1. The summed E-state index contributed by atoms with van der Waals surface area (Å²) in [6.07, 6.45) is 0. The van der Waals surface area contributed by atoms with Crippen molar-refractivity contribution in [1.29, 1.82) is 0 Å². The predicted octanol–water partition coefficient (Wildman–Crippen LogP) is 20.1. The molecule has 2 aromatic heterocycles. The van der Waals surface area contributed by atoms with Gasteiger partial charge >= 0.3 is 0 Å². The van der Waals surface area contributed by atoms with Gasteiger partial charge in [0, 0.05) is 41.7 Å². The molecule has 2 heteroatoms. The molecule has 13 aromatic carbocycles. The van der Waals surface area contributed by atoms with Crippen LogP contribution in [0.25, 0.3) is 146 Å². The van der Waals surface area contributed by atoms with E-state index in [1.54, 1.807) is 0 Å². The van der Waals surface area contributed by atoms with Crippen molar-refractivity contribution in [2.24, 2.45) is 0 Å². The summed E-state index contributed by atoms with van der Waals surface area (Å²) in [6.45, 7) is 0. The van der Waals surface area contributed by atoms with Gasteiger partial charge in [-0.15, -0.1) is 11.3 Å². The number of thiophene rings is 1. The number of rotatable bonds is 6. The minimum absolute atomic E-state index is 1.19. The molecule has 0 radical (unpaired) electrons. The van der Waals surface area contributed by atoms with Crippen LogP contribution in [-0.2, 0) is 0 Å². The summed E-state index contributed by atoms with van der Waals surface area (Å²) in [7, 11) is 0. The lowest BCUT2D eigenvalue weighted by atomic mass is 9.84. The molecule has 15 rings (SSSR count). The third kappa shape index (κ3) is 6.13. The molecule has 15 aromatic rings. The van der Waals surface area contributed by atoms with E-state index < -0.39 is 0 Å². The van der Waals surface area contributed by atoms with Gasteiger partial charge in [-0.25, -0.2) is 0 Å². The third-order valence-corrected chi connectivity index (χ3v) is 16.3. The minimum Gasteiger partial charge on any atom is -0.308 e. The van der Waals surface area contributed by atoms with Crippen LogP contribution >= 0.6 is 11.3 Å². The first-order valence-corrected chi connectivity index (χ1v) is 25.7.